The molecule has 1 aromatic carbocycles. The van der Waals surface area contributed by atoms with Crippen molar-refractivity contribution in [3.63, 3.8) is 0 Å². The van der Waals surface area contributed by atoms with E-state index in [0.29, 0.717) is 16.5 Å². The Balaban J connectivity index is 2.45. The maximum absolute atomic E-state index is 11.4. The fourth-order valence-electron chi connectivity index (χ4n) is 1.86. The summed E-state index contributed by atoms with van der Waals surface area (Å²) in [4.78, 5) is 0.374. The third kappa shape index (κ3) is 2.00. The summed E-state index contributed by atoms with van der Waals surface area (Å²) in [7, 11) is -3.12. The minimum atomic E-state index is -3.12. The molecular formula is C11H15NO2S. The summed E-state index contributed by atoms with van der Waals surface area (Å²) in [5, 5.41) is 0. The van der Waals surface area contributed by atoms with Crippen LogP contribution in [0.1, 0.15) is 30.7 Å². The van der Waals surface area contributed by atoms with Crippen molar-refractivity contribution < 1.29 is 8.42 Å². The van der Waals surface area contributed by atoms with Gasteiger partial charge in [-0.3, -0.25) is 0 Å². The summed E-state index contributed by atoms with van der Waals surface area (Å²) in [6.45, 7) is 0. The minimum absolute atomic E-state index is 0.374. The van der Waals surface area contributed by atoms with E-state index in [1.807, 2.05) is 0 Å². The summed E-state index contributed by atoms with van der Waals surface area (Å²) >= 11 is 0. The molecule has 0 amide bonds. The molecule has 0 spiro atoms. The van der Waals surface area contributed by atoms with Crippen molar-refractivity contribution >= 4 is 15.5 Å². The van der Waals surface area contributed by atoms with Crippen LogP contribution in [-0.2, 0) is 9.84 Å². The molecule has 3 nitrogen and oxygen atoms in total. The number of anilines is 1. The van der Waals surface area contributed by atoms with Crippen molar-refractivity contribution in [2.45, 2.75) is 30.1 Å². The SMILES string of the molecule is CS(=O)(=O)c1ccc(N)c(C2CCC2)c1. The predicted octanol–water partition coefficient (Wildman–Crippen LogP) is 1.94. The van der Waals surface area contributed by atoms with Crippen LogP contribution < -0.4 is 5.73 Å². The fourth-order valence-corrected chi connectivity index (χ4v) is 2.51. The summed E-state index contributed by atoms with van der Waals surface area (Å²) in [5.74, 6) is 0.465. The monoisotopic (exact) mass is 225 g/mol. The van der Waals surface area contributed by atoms with Crippen LogP contribution in [-0.4, -0.2) is 14.7 Å². The van der Waals surface area contributed by atoms with E-state index < -0.39 is 9.84 Å². The number of nitrogens with two attached hydrogens (primary N) is 1. The van der Waals surface area contributed by atoms with Crippen molar-refractivity contribution in [2.24, 2.45) is 0 Å². The fraction of sp³-hybridized carbons (Fsp3) is 0.455. The van der Waals surface area contributed by atoms with E-state index in [4.69, 9.17) is 5.73 Å². The molecule has 1 aliphatic rings. The maximum Gasteiger partial charge on any atom is 0.175 e. The van der Waals surface area contributed by atoms with E-state index in [2.05, 4.69) is 0 Å². The zero-order valence-corrected chi connectivity index (χ0v) is 9.55. The van der Waals surface area contributed by atoms with Gasteiger partial charge < -0.3 is 5.73 Å². The first-order valence-electron chi connectivity index (χ1n) is 5.08. The molecule has 1 fully saturated rings. The molecule has 0 radical (unpaired) electrons. The largest absolute Gasteiger partial charge is 0.398 e. The predicted molar refractivity (Wildman–Crippen MR) is 60.6 cm³/mol. The molecule has 1 aromatic rings. The third-order valence-corrected chi connectivity index (χ3v) is 4.14. The molecule has 0 bridgehead atoms. The molecule has 1 saturated carbocycles. The average Bonchev–Trinajstić information content (AvgIpc) is 2.03. The summed E-state index contributed by atoms with van der Waals surface area (Å²) < 4.78 is 22.8. The quantitative estimate of drug-likeness (QED) is 0.782. The lowest BCUT2D eigenvalue weighted by molar-refractivity contribution is 0.420. The Morgan fingerprint density at radius 2 is 2.00 bits per heavy atom. The Kier molecular flexibility index (Phi) is 2.46. The highest BCUT2D eigenvalue weighted by atomic mass is 32.2. The first kappa shape index (κ1) is 10.5. The molecule has 2 N–H and O–H groups in total. The molecule has 0 unspecified atom stereocenters. The van der Waals surface area contributed by atoms with Gasteiger partial charge in [-0.15, -0.1) is 0 Å². The van der Waals surface area contributed by atoms with Crippen molar-refractivity contribution in [3.8, 4) is 0 Å². The van der Waals surface area contributed by atoms with Gasteiger partial charge in [0.1, 0.15) is 0 Å². The van der Waals surface area contributed by atoms with E-state index in [-0.39, 0.29) is 0 Å². The smallest absolute Gasteiger partial charge is 0.175 e. The van der Waals surface area contributed by atoms with E-state index in [1.54, 1.807) is 18.2 Å². The van der Waals surface area contributed by atoms with Gasteiger partial charge in [0.2, 0.25) is 0 Å². The molecule has 0 aromatic heterocycles. The highest BCUT2D eigenvalue weighted by Crippen LogP contribution is 2.39. The van der Waals surface area contributed by atoms with Crippen molar-refractivity contribution in [2.75, 3.05) is 12.0 Å². The van der Waals surface area contributed by atoms with Gasteiger partial charge in [-0.1, -0.05) is 6.42 Å². The number of sulfone groups is 1. The second kappa shape index (κ2) is 3.52. The van der Waals surface area contributed by atoms with Gasteiger partial charge in [0.05, 0.1) is 4.90 Å². The van der Waals surface area contributed by atoms with Crippen molar-refractivity contribution in [1.82, 2.24) is 0 Å². The Bertz CT molecular complexity index is 475. The standard InChI is InChI=1S/C11H15NO2S/c1-15(13,14)9-5-6-11(12)10(7-9)8-3-2-4-8/h5-8H,2-4,12H2,1H3. The Labute approximate surface area is 90.2 Å². The zero-order valence-electron chi connectivity index (χ0n) is 8.73. The van der Waals surface area contributed by atoms with Crippen LogP contribution in [0.3, 0.4) is 0 Å². The molecule has 0 aliphatic heterocycles. The molecule has 0 saturated heterocycles. The summed E-state index contributed by atoms with van der Waals surface area (Å²) in [6.07, 6.45) is 4.69. The third-order valence-electron chi connectivity index (χ3n) is 3.03. The van der Waals surface area contributed by atoms with E-state index in [1.165, 1.54) is 12.7 Å². The minimum Gasteiger partial charge on any atom is -0.398 e. The number of rotatable bonds is 2. The van der Waals surface area contributed by atoms with Crippen LogP contribution in [0.4, 0.5) is 5.69 Å². The van der Waals surface area contributed by atoms with Crippen LogP contribution in [0.5, 0.6) is 0 Å². The van der Waals surface area contributed by atoms with E-state index in [9.17, 15) is 8.42 Å². The Morgan fingerprint density at radius 1 is 1.33 bits per heavy atom. The molecule has 82 valence electrons. The molecular weight excluding hydrogens is 210 g/mol. The normalized spacial score (nSPS) is 17.4. The van der Waals surface area contributed by atoms with Gasteiger partial charge in [-0.25, -0.2) is 8.42 Å². The van der Waals surface area contributed by atoms with Crippen LogP contribution in [0.15, 0.2) is 23.1 Å². The van der Waals surface area contributed by atoms with Crippen LogP contribution in [0.2, 0.25) is 0 Å². The number of hydrogen-bond acceptors (Lipinski definition) is 3. The van der Waals surface area contributed by atoms with Crippen LogP contribution in [0, 0.1) is 0 Å². The second-order valence-electron chi connectivity index (χ2n) is 4.19. The highest BCUT2D eigenvalue weighted by molar-refractivity contribution is 7.90. The molecule has 1 aliphatic carbocycles. The molecule has 15 heavy (non-hydrogen) atoms. The van der Waals surface area contributed by atoms with E-state index in [0.717, 1.165) is 18.4 Å². The second-order valence-corrected chi connectivity index (χ2v) is 6.21. The number of nitrogen functional groups attached to an aromatic ring is 1. The zero-order chi connectivity index (χ0) is 11.1. The average molecular weight is 225 g/mol. The number of hydrogen-bond donors (Lipinski definition) is 1. The van der Waals surface area contributed by atoms with Crippen molar-refractivity contribution in [3.05, 3.63) is 23.8 Å². The molecule has 2 rings (SSSR count). The highest BCUT2D eigenvalue weighted by Gasteiger charge is 2.22. The van der Waals surface area contributed by atoms with E-state index >= 15 is 0 Å². The summed E-state index contributed by atoms with van der Waals surface area (Å²) in [5.41, 5.74) is 7.57. The first-order valence-corrected chi connectivity index (χ1v) is 6.97. The lowest BCUT2D eigenvalue weighted by Gasteiger charge is -2.27. The van der Waals surface area contributed by atoms with Crippen LogP contribution >= 0.6 is 0 Å². The van der Waals surface area contributed by atoms with Gasteiger partial charge in [0, 0.05) is 11.9 Å². The van der Waals surface area contributed by atoms with Crippen LogP contribution in [0.25, 0.3) is 0 Å². The molecule has 4 heteroatoms. The first-order chi connectivity index (χ1) is 6.98. The maximum atomic E-state index is 11.4. The topological polar surface area (TPSA) is 60.2 Å². The number of benzene rings is 1. The Morgan fingerprint density at radius 3 is 2.47 bits per heavy atom. The van der Waals surface area contributed by atoms with Gasteiger partial charge in [0.25, 0.3) is 0 Å². The van der Waals surface area contributed by atoms with Gasteiger partial charge in [-0.05, 0) is 42.5 Å². The lowest BCUT2D eigenvalue weighted by Crippen LogP contribution is -2.12. The summed E-state index contributed by atoms with van der Waals surface area (Å²) in [6, 6.07) is 5.01. The van der Waals surface area contributed by atoms with Crippen molar-refractivity contribution in [1.29, 1.82) is 0 Å². The lowest BCUT2D eigenvalue weighted by atomic mass is 9.79. The molecule has 0 atom stereocenters. The van der Waals surface area contributed by atoms with Gasteiger partial charge in [0.15, 0.2) is 9.84 Å². The van der Waals surface area contributed by atoms with Gasteiger partial charge >= 0.3 is 0 Å². The van der Waals surface area contributed by atoms with Gasteiger partial charge in [-0.2, -0.15) is 0 Å². The molecule has 0 heterocycles. The Hall–Kier alpha value is -1.03.